The van der Waals surface area contributed by atoms with Gasteiger partial charge in [-0.05, 0) is 97.1 Å². The number of benzene rings is 3. The second-order valence-electron chi connectivity index (χ2n) is 14.4. The number of hydrogen-bond donors (Lipinski definition) is 2. The molecule has 9 unspecified atom stereocenters. The lowest BCUT2D eigenvalue weighted by molar-refractivity contribution is -0.133. The number of H-pyrrole nitrogens is 2. The van der Waals surface area contributed by atoms with Crippen LogP contribution in [0.5, 0.6) is 0 Å². The minimum Gasteiger partial charge on any atom is -0.340 e. The van der Waals surface area contributed by atoms with Crippen LogP contribution in [0, 0.1) is 11.8 Å². The third-order valence-electron chi connectivity index (χ3n) is 11.3. The molecule has 2 saturated heterocycles. The van der Waals surface area contributed by atoms with Gasteiger partial charge in [-0.25, -0.2) is 9.97 Å². The van der Waals surface area contributed by atoms with Gasteiger partial charge in [0.1, 0.15) is 11.6 Å². The van der Waals surface area contributed by atoms with E-state index in [1.54, 1.807) is 0 Å². The predicted molar refractivity (Wildman–Crippen MR) is 197 cm³/mol. The van der Waals surface area contributed by atoms with E-state index in [0.717, 1.165) is 87.8 Å². The summed E-state index contributed by atoms with van der Waals surface area (Å²) in [5, 5.41) is 0. The summed E-state index contributed by atoms with van der Waals surface area (Å²) in [4.78, 5) is 47.6. The van der Waals surface area contributed by atoms with E-state index in [0.29, 0.717) is 30.3 Å². The second-order valence-corrected chi connectivity index (χ2v) is 17.3. The van der Waals surface area contributed by atoms with Gasteiger partial charge in [-0.2, -0.15) is 0 Å². The number of aromatic nitrogens is 4. The van der Waals surface area contributed by atoms with Gasteiger partial charge in [-0.1, -0.05) is 36.4 Å². The first-order valence-electron chi connectivity index (χ1n) is 17.2. The molecule has 9 rings (SSSR count). The van der Waals surface area contributed by atoms with E-state index in [1.165, 1.54) is 0 Å². The number of carbonyl (C=O) groups is 2. The Labute approximate surface area is 283 Å². The van der Waals surface area contributed by atoms with E-state index in [4.69, 9.17) is 9.97 Å². The Kier molecular flexibility index (Phi) is 7.15. The maximum absolute atomic E-state index is 13.4. The fourth-order valence-electron chi connectivity index (χ4n) is 8.32. The Morgan fingerprint density at radius 1 is 0.812 bits per heavy atom. The smallest absolute Gasteiger partial charge is 0.271 e. The Balaban J connectivity index is 0.942. The fraction of sp³-hybridized carbons (Fsp3) is 0.395. The molecule has 0 radical (unpaired) electrons. The molecule has 2 aliphatic heterocycles. The van der Waals surface area contributed by atoms with Crippen molar-refractivity contribution in [2.45, 2.75) is 68.9 Å². The fourth-order valence-corrected chi connectivity index (χ4v) is 9.08. The first-order chi connectivity index (χ1) is 23.3. The molecule has 8 nitrogen and oxygen atoms in total. The molecular weight excluding hydrogens is 634 g/mol. The van der Waals surface area contributed by atoms with Crippen molar-refractivity contribution in [2.24, 2.45) is 11.8 Å². The molecule has 0 bridgehead atoms. The van der Waals surface area contributed by atoms with Gasteiger partial charge in [-0.3, -0.25) is 9.59 Å². The standard InChI is InChI=1S/C38H41N6O2P2/c1-20(48(2)3)38(46)44-32-17-26(32)19-34(44)37-40-28-11-9-24(15-30(28)42-37)22-6-4-21(5-7-22)23-8-10-27-29(14-23)41-36(39-27)33-18-25-16-31(25)43(33)35(45)12-13-47/h4-11,14-15,20,25-26,31-34H,2,12-13,16-19,47H2,1,3H3,(H,39,41)(H,40,42)/q+1. The van der Waals surface area contributed by atoms with E-state index in [1.807, 2.05) is 6.92 Å². The van der Waals surface area contributed by atoms with Gasteiger partial charge in [0.2, 0.25) is 5.91 Å². The zero-order valence-corrected chi connectivity index (χ0v) is 29.4. The number of likely N-dealkylation sites (tertiary alicyclic amines) is 2. The molecular formula is C38H41N6O2P2+. The predicted octanol–water partition coefficient (Wildman–Crippen LogP) is 7.29. The van der Waals surface area contributed by atoms with Crippen molar-refractivity contribution in [3.8, 4) is 22.3 Å². The highest BCUT2D eigenvalue weighted by atomic mass is 31.1. The normalized spacial score (nSPS) is 26.5. The minimum atomic E-state index is -0.575. The molecule has 2 saturated carbocycles. The number of carbonyl (C=O) groups excluding carboxylic acids is 2. The first-order valence-corrected chi connectivity index (χ1v) is 20.1. The zero-order valence-electron chi connectivity index (χ0n) is 27.4. The van der Waals surface area contributed by atoms with Gasteiger partial charge in [0, 0.05) is 18.5 Å². The first kappa shape index (κ1) is 30.2. The van der Waals surface area contributed by atoms with Crippen LogP contribution in [0.25, 0.3) is 44.3 Å². The average Bonchev–Trinajstić information content (AvgIpc) is 3.75. The summed E-state index contributed by atoms with van der Waals surface area (Å²) < 4.78 is 0. The van der Waals surface area contributed by atoms with Crippen molar-refractivity contribution in [1.82, 2.24) is 29.7 Å². The lowest BCUT2D eigenvalue weighted by Gasteiger charge is -2.26. The van der Waals surface area contributed by atoms with E-state index in [9.17, 15) is 9.59 Å². The Bertz CT molecular complexity index is 2120. The number of nitrogens with zero attached hydrogens (tertiary/aromatic N) is 4. The van der Waals surface area contributed by atoms with Crippen LogP contribution in [0.15, 0.2) is 60.7 Å². The summed E-state index contributed by atoms with van der Waals surface area (Å²) in [7, 11) is 2.10. The van der Waals surface area contributed by atoms with Crippen LogP contribution in [0.4, 0.5) is 0 Å². The van der Waals surface area contributed by atoms with E-state index < -0.39 is 7.55 Å². The van der Waals surface area contributed by atoms with Crippen LogP contribution < -0.4 is 0 Å². The van der Waals surface area contributed by atoms with Crippen LogP contribution in [0.3, 0.4) is 0 Å². The molecule has 2 amide bonds. The molecule has 4 heterocycles. The highest BCUT2D eigenvalue weighted by molar-refractivity contribution is 7.56. The number of imidazole rings is 2. The molecule has 48 heavy (non-hydrogen) atoms. The molecule has 244 valence electrons. The Morgan fingerprint density at radius 2 is 1.29 bits per heavy atom. The topological polar surface area (TPSA) is 98.0 Å². The van der Waals surface area contributed by atoms with Gasteiger partial charge >= 0.3 is 0 Å². The van der Waals surface area contributed by atoms with Crippen molar-refractivity contribution in [3.63, 3.8) is 0 Å². The summed E-state index contributed by atoms with van der Waals surface area (Å²) in [6.07, 6.45) is 9.78. The van der Waals surface area contributed by atoms with Crippen LogP contribution in [0.2, 0.25) is 0 Å². The SMILES string of the molecule is C=[P+](C)C(C)C(=O)N1C(c2nc3ccc(-c4ccc(-c5ccc6nc(C7CC8CC8N7C(=O)CCP)[nH]c6c5)cc4)cc3[nH]2)CC2CC21. The average molecular weight is 676 g/mol. The number of fused-ring (bicyclic) bond motifs is 4. The van der Waals surface area contributed by atoms with E-state index in [2.05, 4.69) is 103 Å². The molecule has 2 aliphatic carbocycles. The lowest BCUT2D eigenvalue weighted by Crippen LogP contribution is -2.38. The van der Waals surface area contributed by atoms with Crippen LogP contribution in [-0.4, -0.2) is 78.4 Å². The molecule has 10 heteroatoms. The number of aromatic amines is 2. The summed E-state index contributed by atoms with van der Waals surface area (Å²) in [6, 6.07) is 22.3. The highest BCUT2D eigenvalue weighted by Crippen LogP contribution is 2.55. The second kappa shape index (κ2) is 11.4. The van der Waals surface area contributed by atoms with Gasteiger partial charge in [0.25, 0.3) is 5.91 Å². The molecule has 9 atom stereocenters. The monoisotopic (exact) mass is 675 g/mol. The summed E-state index contributed by atoms with van der Waals surface area (Å²) in [6.45, 7) is 4.11. The zero-order chi connectivity index (χ0) is 32.8. The molecule has 3 aromatic carbocycles. The van der Waals surface area contributed by atoms with Crippen molar-refractivity contribution in [3.05, 3.63) is 72.3 Å². The van der Waals surface area contributed by atoms with Gasteiger partial charge in [0.15, 0.2) is 5.66 Å². The molecule has 0 spiro atoms. The van der Waals surface area contributed by atoms with E-state index in [-0.39, 0.29) is 29.6 Å². The maximum Gasteiger partial charge on any atom is 0.271 e. The lowest BCUT2D eigenvalue weighted by atomic mass is 10.00. The summed E-state index contributed by atoms with van der Waals surface area (Å²) >= 11 is 0. The maximum atomic E-state index is 13.4. The summed E-state index contributed by atoms with van der Waals surface area (Å²) in [5.74, 6) is 3.50. The van der Waals surface area contributed by atoms with Crippen LogP contribution >= 0.6 is 16.8 Å². The van der Waals surface area contributed by atoms with Crippen molar-refractivity contribution >= 4 is 57.0 Å². The molecule has 4 fully saturated rings. The number of nitrogens with one attached hydrogen (secondary N) is 2. The quantitative estimate of drug-likeness (QED) is 0.169. The van der Waals surface area contributed by atoms with Crippen LogP contribution in [-0.2, 0) is 9.59 Å². The van der Waals surface area contributed by atoms with Gasteiger partial charge in [0.05, 0.1) is 54.7 Å². The minimum absolute atomic E-state index is 0.0162. The Hall–Kier alpha value is -3.86. The highest BCUT2D eigenvalue weighted by Gasteiger charge is 2.57. The third kappa shape index (κ3) is 5.02. The molecule has 5 aromatic rings. The number of rotatable bonds is 8. The molecule has 4 aliphatic rings. The molecule has 2 N–H and O–H groups in total. The number of piperidine rings is 2. The van der Waals surface area contributed by atoms with Crippen LogP contribution in [0.1, 0.15) is 62.8 Å². The van der Waals surface area contributed by atoms with Gasteiger partial charge in [-0.15, -0.1) is 9.24 Å². The van der Waals surface area contributed by atoms with Crippen molar-refractivity contribution in [1.29, 1.82) is 0 Å². The third-order valence-corrected chi connectivity index (χ3v) is 13.1. The van der Waals surface area contributed by atoms with Crippen molar-refractivity contribution < 1.29 is 9.59 Å². The Morgan fingerprint density at radius 3 is 1.79 bits per heavy atom. The largest absolute Gasteiger partial charge is 0.340 e. The number of hydrogen-bond acceptors (Lipinski definition) is 4. The van der Waals surface area contributed by atoms with E-state index >= 15 is 0 Å². The number of amides is 2. The molecule has 2 aromatic heterocycles. The van der Waals surface area contributed by atoms with Gasteiger partial charge < -0.3 is 19.8 Å². The summed E-state index contributed by atoms with van der Waals surface area (Å²) in [5.41, 5.74) is 8.35. The van der Waals surface area contributed by atoms with Crippen molar-refractivity contribution in [2.75, 3.05) is 12.8 Å².